The van der Waals surface area contributed by atoms with E-state index in [1.807, 2.05) is 5.32 Å². The first-order valence-corrected chi connectivity index (χ1v) is 5.35. The molecule has 0 aliphatic carbocycles. The van der Waals surface area contributed by atoms with Crippen LogP contribution >= 0.6 is 0 Å². The normalized spacial score (nSPS) is 12.3. The maximum absolute atomic E-state index is 11.4. The zero-order valence-electron chi connectivity index (χ0n) is 10.6. The van der Waals surface area contributed by atoms with E-state index in [1.165, 1.54) is 13.8 Å². The Labute approximate surface area is 109 Å². The van der Waals surface area contributed by atoms with Gasteiger partial charge in [0.05, 0.1) is 11.8 Å². The average molecular weight is 275 g/mol. The van der Waals surface area contributed by atoms with Crippen LogP contribution in [0.3, 0.4) is 0 Å². The molecule has 0 heterocycles. The Bertz CT molecular complexity index is 393. The number of carbonyl (C=O) groups excluding carboxylic acids is 2. The molecule has 0 bridgehead atoms. The molecule has 0 aliphatic rings. The van der Waals surface area contributed by atoms with Crippen molar-refractivity contribution in [2.75, 3.05) is 6.54 Å². The summed E-state index contributed by atoms with van der Waals surface area (Å²) in [6.07, 6.45) is -0.748. The Kier molecular flexibility index (Phi) is 5.77. The lowest BCUT2D eigenvalue weighted by atomic mass is 9.93. The number of nitrogens with one attached hydrogen (secondary N) is 2. The highest BCUT2D eigenvalue weighted by molar-refractivity contribution is 5.86. The van der Waals surface area contributed by atoms with Crippen molar-refractivity contribution in [1.29, 1.82) is 0 Å². The highest BCUT2D eigenvalue weighted by Crippen LogP contribution is 2.11. The Morgan fingerprint density at radius 2 is 1.74 bits per heavy atom. The number of carboxylic acid groups (broad SMARTS) is 2. The summed E-state index contributed by atoms with van der Waals surface area (Å²) >= 11 is 0. The zero-order chi connectivity index (χ0) is 15.2. The van der Waals surface area contributed by atoms with Gasteiger partial charge in [-0.3, -0.25) is 9.59 Å². The first-order chi connectivity index (χ1) is 8.56. The maximum Gasteiger partial charge on any atom is 0.326 e. The van der Waals surface area contributed by atoms with Gasteiger partial charge in [0, 0.05) is 6.54 Å². The number of nitrogens with two attached hydrogens (primary N) is 1. The molecule has 0 rings (SSSR count). The summed E-state index contributed by atoms with van der Waals surface area (Å²) in [6, 6.07) is -2.43. The van der Waals surface area contributed by atoms with Crippen LogP contribution in [-0.2, 0) is 14.4 Å². The molecule has 0 aliphatic heterocycles. The quantitative estimate of drug-likeness (QED) is 0.389. The van der Waals surface area contributed by atoms with Gasteiger partial charge in [-0.05, 0) is 13.8 Å². The van der Waals surface area contributed by atoms with Gasteiger partial charge in [0.25, 0.3) is 0 Å². The molecule has 0 aromatic rings. The van der Waals surface area contributed by atoms with Crippen molar-refractivity contribution in [2.45, 2.75) is 26.3 Å². The molecule has 0 aromatic heterocycles. The molecular weight excluding hydrogens is 258 g/mol. The van der Waals surface area contributed by atoms with Gasteiger partial charge in [-0.2, -0.15) is 0 Å². The first-order valence-electron chi connectivity index (χ1n) is 5.35. The van der Waals surface area contributed by atoms with Gasteiger partial charge in [-0.25, -0.2) is 9.59 Å². The molecule has 108 valence electrons. The molecule has 6 N–H and O–H groups in total. The van der Waals surface area contributed by atoms with Crippen molar-refractivity contribution in [3.8, 4) is 0 Å². The summed E-state index contributed by atoms with van der Waals surface area (Å²) in [4.78, 5) is 43.5. The molecule has 1 unspecified atom stereocenters. The summed E-state index contributed by atoms with van der Waals surface area (Å²) in [5.74, 6) is -3.45. The van der Waals surface area contributed by atoms with E-state index in [2.05, 4.69) is 5.32 Å². The number of amides is 3. The van der Waals surface area contributed by atoms with Crippen molar-refractivity contribution < 1.29 is 29.4 Å². The van der Waals surface area contributed by atoms with E-state index in [0.717, 1.165) is 0 Å². The third kappa shape index (κ3) is 6.24. The van der Waals surface area contributed by atoms with Crippen molar-refractivity contribution in [3.05, 3.63) is 0 Å². The van der Waals surface area contributed by atoms with Crippen LogP contribution in [0.15, 0.2) is 0 Å². The monoisotopic (exact) mass is 275 g/mol. The van der Waals surface area contributed by atoms with E-state index in [-0.39, 0.29) is 6.54 Å². The van der Waals surface area contributed by atoms with Gasteiger partial charge in [-0.15, -0.1) is 0 Å². The number of carboxylic acids is 2. The van der Waals surface area contributed by atoms with E-state index in [1.54, 1.807) is 0 Å². The highest BCUT2D eigenvalue weighted by atomic mass is 16.4. The standard InChI is InChI=1S/C10H17N3O6/c1-10(2,8(11)18)4-12-9(19)13-5(7(16)17)3-6(14)15/h5H,3-4H2,1-2H3,(H2,11,18)(H,14,15)(H,16,17)(H2,12,13,19). The Morgan fingerprint density at radius 1 is 1.21 bits per heavy atom. The van der Waals surface area contributed by atoms with E-state index in [9.17, 15) is 19.2 Å². The second-order valence-electron chi connectivity index (χ2n) is 4.56. The third-order valence-corrected chi connectivity index (χ3v) is 2.34. The zero-order valence-corrected chi connectivity index (χ0v) is 10.6. The summed E-state index contributed by atoms with van der Waals surface area (Å²) in [7, 11) is 0. The van der Waals surface area contributed by atoms with Gasteiger partial charge in [0.15, 0.2) is 0 Å². The van der Waals surface area contributed by atoms with Crippen LogP contribution < -0.4 is 16.4 Å². The SMILES string of the molecule is CC(C)(CNC(=O)NC(CC(=O)O)C(=O)O)C(N)=O. The fraction of sp³-hybridized carbons (Fsp3) is 0.600. The molecule has 9 heteroatoms. The van der Waals surface area contributed by atoms with Gasteiger partial charge < -0.3 is 26.6 Å². The van der Waals surface area contributed by atoms with E-state index in [0.29, 0.717) is 0 Å². The molecule has 0 spiro atoms. The largest absolute Gasteiger partial charge is 0.481 e. The van der Waals surface area contributed by atoms with Gasteiger partial charge in [0.2, 0.25) is 5.91 Å². The van der Waals surface area contributed by atoms with E-state index in [4.69, 9.17) is 15.9 Å². The number of primary amides is 1. The average Bonchev–Trinajstić information content (AvgIpc) is 2.24. The van der Waals surface area contributed by atoms with Crippen LogP contribution in [0.1, 0.15) is 20.3 Å². The summed E-state index contributed by atoms with van der Waals surface area (Å²) < 4.78 is 0. The Hall–Kier alpha value is -2.32. The maximum atomic E-state index is 11.4. The summed E-state index contributed by atoms with van der Waals surface area (Å²) in [6.45, 7) is 2.90. The predicted octanol–water partition coefficient (Wildman–Crippen LogP) is -1.27. The first kappa shape index (κ1) is 16.7. The number of hydrogen-bond acceptors (Lipinski definition) is 4. The van der Waals surface area contributed by atoms with E-state index < -0.39 is 41.8 Å². The number of rotatable bonds is 7. The molecule has 1 atom stereocenters. The molecule has 3 amide bonds. The molecule has 0 aromatic carbocycles. The van der Waals surface area contributed by atoms with Crippen LogP contribution in [0, 0.1) is 5.41 Å². The van der Waals surface area contributed by atoms with Crippen molar-refractivity contribution in [1.82, 2.24) is 10.6 Å². The molecule has 9 nitrogen and oxygen atoms in total. The Balaban J connectivity index is 4.40. The van der Waals surface area contributed by atoms with Gasteiger partial charge >= 0.3 is 18.0 Å². The number of carbonyl (C=O) groups is 4. The molecule has 19 heavy (non-hydrogen) atoms. The van der Waals surface area contributed by atoms with Crippen molar-refractivity contribution in [2.24, 2.45) is 11.1 Å². The van der Waals surface area contributed by atoms with Crippen LogP contribution in [-0.4, -0.2) is 46.7 Å². The molecule has 0 saturated carbocycles. The van der Waals surface area contributed by atoms with Crippen LogP contribution in [0.4, 0.5) is 4.79 Å². The number of aliphatic carboxylic acids is 2. The summed E-state index contributed by atoms with van der Waals surface area (Å²) in [5.41, 5.74) is 4.09. The third-order valence-electron chi connectivity index (χ3n) is 2.34. The second-order valence-corrected chi connectivity index (χ2v) is 4.56. The Morgan fingerprint density at radius 3 is 2.11 bits per heavy atom. The molecule has 0 fully saturated rings. The highest BCUT2D eigenvalue weighted by Gasteiger charge is 2.27. The topological polar surface area (TPSA) is 159 Å². The number of urea groups is 1. The van der Waals surface area contributed by atoms with Crippen molar-refractivity contribution >= 4 is 23.9 Å². The molecule has 0 radical (unpaired) electrons. The molecular formula is C10H17N3O6. The lowest BCUT2D eigenvalue weighted by Crippen LogP contribution is -2.50. The van der Waals surface area contributed by atoms with Crippen molar-refractivity contribution in [3.63, 3.8) is 0 Å². The summed E-state index contributed by atoms with van der Waals surface area (Å²) in [5, 5.41) is 21.4. The predicted molar refractivity (Wildman–Crippen MR) is 63.2 cm³/mol. The minimum absolute atomic E-state index is 0.104. The van der Waals surface area contributed by atoms with E-state index >= 15 is 0 Å². The van der Waals surface area contributed by atoms with Gasteiger partial charge in [-0.1, -0.05) is 0 Å². The van der Waals surface area contributed by atoms with Crippen LogP contribution in [0.5, 0.6) is 0 Å². The fourth-order valence-corrected chi connectivity index (χ4v) is 0.972. The minimum atomic E-state index is -1.55. The second kappa shape index (κ2) is 6.57. The van der Waals surface area contributed by atoms with Gasteiger partial charge in [0.1, 0.15) is 6.04 Å². The molecule has 0 saturated heterocycles. The number of hydrogen-bond donors (Lipinski definition) is 5. The lowest BCUT2D eigenvalue weighted by molar-refractivity contribution is -0.145. The lowest BCUT2D eigenvalue weighted by Gasteiger charge is -2.21. The minimum Gasteiger partial charge on any atom is -0.481 e. The van der Waals surface area contributed by atoms with Crippen LogP contribution in [0.25, 0.3) is 0 Å². The van der Waals surface area contributed by atoms with Crippen LogP contribution in [0.2, 0.25) is 0 Å². The fourth-order valence-electron chi connectivity index (χ4n) is 0.972. The smallest absolute Gasteiger partial charge is 0.326 e.